The second kappa shape index (κ2) is 4.98. The van der Waals surface area contributed by atoms with Crippen molar-refractivity contribution in [3.8, 4) is 0 Å². The third kappa shape index (κ3) is 4.36. The molecule has 0 bridgehead atoms. The summed E-state index contributed by atoms with van der Waals surface area (Å²) in [7, 11) is -4.28. The Kier molecular flexibility index (Phi) is 4.60. The van der Waals surface area contributed by atoms with Gasteiger partial charge in [-0.25, -0.2) is 0 Å². The van der Waals surface area contributed by atoms with Crippen molar-refractivity contribution in [2.75, 3.05) is 14.1 Å². The van der Waals surface area contributed by atoms with Crippen molar-refractivity contribution in [1.82, 2.24) is 4.57 Å². The minimum Gasteiger partial charge on any atom is -0.418 e. The van der Waals surface area contributed by atoms with Crippen LogP contribution in [0.3, 0.4) is 0 Å². The highest BCUT2D eigenvalue weighted by molar-refractivity contribution is 6.88. The highest BCUT2D eigenvalue weighted by atomic mass is 28.5. The Morgan fingerprint density at radius 1 is 0.824 bits per heavy atom. The summed E-state index contributed by atoms with van der Waals surface area (Å²) >= 11 is 0. The summed E-state index contributed by atoms with van der Waals surface area (Å²) in [6, 6.07) is 0. The summed E-state index contributed by atoms with van der Waals surface area (Å²) in [6.45, 7) is 12.4. The first-order chi connectivity index (χ1) is 7.46. The van der Waals surface area contributed by atoms with Gasteiger partial charge in [-0.1, -0.05) is 0 Å². The minimum atomic E-state index is -2.37. The van der Waals surface area contributed by atoms with Crippen molar-refractivity contribution in [1.29, 1.82) is 0 Å². The average Bonchev–Trinajstić information content (AvgIpc) is 1.94. The highest BCUT2D eigenvalue weighted by Crippen LogP contribution is 2.27. The zero-order valence-corrected chi connectivity index (χ0v) is 16.3. The predicted molar refractivity (Wildman–Crippen MR) is 77.6 cm³/mol. The molecule has 0 N–H and O–H groups in total. The van der Waals surface area contributed by atoms with Crippen LogP contribution in [0.2, 0.25) is 39.3 Å². The lowest BCUT2D eigenvalue weighted by Gasteiger charge is -2.46. The van der Waals surface area contributed by atoms with Gasteiger partial charge in [-0.05, 0) is 53.4 Å². The van der Waals surface area contributed by atoms with E-state index in [1.807, 2.05) is 14.1 Å². The molecule has 0 aromatic rings. The van der Waals surface area contributed by atoms with Gasteiger partial charge in [0.15, 0.2) is 0 Å². The van der Waals surface area contributed by atoms with E-state index >= 15 is 0 Å². The fourth-order valence-corrected chi connectivity index (χ4v) is 19.6. The van der Waals surface area contributed by atoms with Gasteiger partial charge in [-0.15, -0.1) is 0 Å². The van der Waals surface area contributed by atoms with E-state index in [4.69, 9.17) is 16.5 Å². The van der Waals surface area contributed by atoms with Crippen LogP contribution in [-0.4, -0.2) is 53.8 Å². The zero-order chi connectivity index (χ0) is 13.5. The molecule has 0 aliphatic carbocycles. The second-order valence-corrected chi connectivity index (χ2v) is 18.5. The number of rotatable bonds is 1. The maximum Gasteiger partial charge on any atom is 0.406 e. The van der Waals surface area contributed by atoms with Gasteiger partial charge in [-0.3, -0.25) is 4.57 Å². The minimum absolute atomic E-state index is 1.63. The molecule has 0 saturated carbocycles. The van der Waals surface area contributed by atoms with Crippen molar-refractivity contribution in [2.45, 2.75) is 39.3 Å². The van der Waals surface area contributed by atoms with E-state index in [0.29, 0.717) is 0 Å². The van der Waals surface area contributed by atoms with Crippen LogP contribution < -0.4 is 0 Å². The molecule has 1 fully saturated rings. The van der Waals surface area contributed by atoms with Gasteiger partial charge in [0.25, 0.3) is 0 Å². The molecule has 1 aliphatic heterocycles. The first kappa shape index (κ1) is 15.7. The standard InChI is InChI=1S/C8H25NO4Si4/c1-9(2)17(8)12-15(4,5)10-14(3)11-16(6,7)13-17/h14H,1-8H3. The predicted octanol–water partition coefficient (Wildman–Crippen LogP) is 1.45. The lowest BCUT2D eigenvalue weighted by Crippen LogP contribution is -2.67. The van der Waals surface area contributed by atoms with Gasteiger partial charge in [0.1, 0.15) is 0 Å². The van der Waals surface area contributed by atoms with E-state index in [2.05, 4.69) is 43.8 Å². The van der Waals surface area contributed by atoms with E-state index in [9.17, 15) is 0 Å². The molecule has 5 nitrogen and oxygen atoms in total. The summed E-state index contributed by atoms with van der Waals surface area (Å²) in [5.41, 5.74) is 0. The molecule has 0 aromatic heterocycles. The van der Waals surface area contributed by atoms with Crippen molar-refractivity contribution in [3.05, 3.63) is 0 Å². The number of hydrogen-bond donors (Lipinski definition) is 0. The smallest absolute Gasteiger partial charge is 0.406 e. The van der Waals surface area contributed by atoms with Crippen LogP contribution in [0, 0.1) is 0 Å². The Labute approximate surface area is 110 Å². The Bertz CT molecular complexity index is 267. The molecule has 0 atom stereocenters. The van der Waals surface area contributed by atoms with E-state index in [-0.39, 0.29) is 0 Å². The molecule has 17 heavy (non-hydrogen) atoms. The second-order valence-electron chi connectivity index (χ2n) is 5.60. The molecular formula is C8H25NO4Si4. The molecule has 1 heterocycles. The molecule has 9 heteroatoms. The van der Waals surface area contributed by atoms with Crippen molar-refractivity contribution >= 4 is 35.1 Å². The molecule has 0 unspecified atom stereocenters. The zero-order valence-electron chi connectivity index (χ0n) is 12.2. The van der Waals surface area contributed by atoms with Gasteiger partial charge < -0.3 is 16.5 Å². The van der Waals surface area contributed by atoms with Crippen LogP contribution in [0.5, 0.6) is 0 Å². The van der Waals surface area contributed by atoms with E-state index < -0.39 is 35.1 Å². The molecule has 0 spiro atoms. The molecular weight excluding hydrogens is 286 g/mol. The van der Waals surface area contributed by atoms with Gasteiger partial charge >= 0.3 is 35.1 Å². The Morgan fingerprint density at radius 2 is 1.18 bits per heavy atom. The Hall–Kier alpha value is 0.668. The normalized spacial score (nSPS) is 37.6. The first-order valence-corrected chi connectivity index (χ1v) is 15.9. The van der Waals surface area contributed by atoms with Crippen LogP contribution >= 0.6 is 0 Å². The van der Waals surface area contributed by atoms with Crippen LogP contribution in [0.4, 0.5) is 0 Å². The quantitative estimate of drug-likeness (QED) is 0.686. The van der Waals surface area contributed by atoms with Crippen LogP contribution in [0.15, 0.2) is 0 Å². The SMILES string of the molecule is CN(C)[Si]1(C)O[Si](C)(C)O[SiH](C)O[Si](C)(C)O1. The van der Waals surface area contributed by atoms with Gasteiger partial charge in [-0.2, -0.15) is 0 Å². The fraction of sp³-hybridized carbons (Fsp3) is 1.00. The van der Waals surface area contributed by atoms with Gasteiger partial charge in [0.2, 0.25) is 0 Å². The third-order valence-corrected chi connectivity index (χ3v) is 18.4. The summed E-state index contributed by atoms with van der Waals surface area (Å²) in [5.74, 6) is 0. The Morgan fingerprint density at radius 3 is 1.47 bits per heavy atom. The monoisotopic (exact) mass is 311 g/mol. The highest BCUT2D eigenvalue weighted by Gasteiger charge is 2.50. The molecule has 0 amide bonds. The van der Waals surface area contributed by atoms with Gasteiger partial charge in [0.05, 0.1) is 0 Å². The van der Waals surface area contributed by atoms with E-state index in [1.165, 1.54) is 0 Å². The van der Waals surface area contributed by atoms with Crippen LogP contribution in [0.1, 0.15) is 0 Å². The third-order valence-electron chi connectivity index (χ3n) is 2.58. The van der Waals surface area contributed by atoms with Crippen LogP contribution in [0.25, 0.3) is 0 Å². The fourth-order valence-electron chi connectivity index (χ4n) is 1.99. The maximum absolute atomic E-state index is 6.28. The lowest BCUT2D eigenvalue weighted by atomic mass is 11.3. The topological polar surface area (TPSA) is 40.2 Å². The van der Waals surface area contributed by atoms with E-state index in [1.54, 1.807) is 0 Å². The lowest BCUT2D eigenvalue weighted by molar-refractivity contribution is 0.211. The van der Waals surface area contributed by atoms with Crippen molar-refractivity contribution < 1.29 is 16.5 Å². The molecule has 102 valence electrons. The molecule has 0 radical (unpaired) electrons. The number of hydrogen-bond acceptors (Lipinski definition) is 5. The summed E-state index contributed by atoms with van der Waals surface area (Å²) in [5, 5.41) is 0. The summed E-state index contributed by atoms with van der Waals surface area (Å²) < 4.78 is 26.7. The Balaban J connectivity index is 3.00. The van der Waals surface area contributed by atoms with Crippen LogP contribution in [-0.2, 0) is 16.5 Å². The maximum atomic E-state index is 6.28. The van der Waals surface area contributed by atoms with E-state index in [0.717, 1.165) is 0 Å². The summed E-state index contributed by atoms with van der Waals surface area (Å²) in [6.07, 6.45) is 0. The summed E-state index contributed by atoms with van der Waals surface area (Å²) in [4.78, 5) is 0. The van der Waals surface area contributed by atoms with Gasteiger partial charge in [0, 0.05) is 0 Å². The molecule has 1 saturated heterocycles. The van der Waals surface area contributed by atoms with Crippen molar-refractivity contribution in [2.24, 2.45) is 0 Å². The van der Waals surface area contributed by atoms with Crippen molar-refractivity contribution in [3.63, 3.8) is 0 Å². The number of nitrogens with zero attached hydrogens (tertiary/aromatic N) is 1. The molecule has 1 rings (SSSR count). The largest absolute Gasteiger partial charge is 0.418 e. The molecule has 0 aromatic carbocycles. The average molecular weight is 312 g/mol. The first-order valence-electron chi connectivity index (χ1n) is 5.89. The molecule has 1 aliphatic rings.